The van der Waals surface area contributed by atoms with Crippen molar-refractivity contribution in [2.75, 3.05) is 6.61 Å². The minimum atomic E-state index is -3.01. The van der Waals surface area contributed by atoms with Crippen LogP contribution in [0.3, 0.4) is 0 Å². The van der Waals surface area contributed by atoms with Gasteiger partial charge in [0.15, 0.2) is 0 Å². The second-order valence-corrected chi connectivity index (χ2v) is 6.83. The topological polar surface area (TPSA) is 47.4 Å². The van der Waals surface area contributed by atoms with Gasteiger partial charge in [-0.3, -0.25) is 9.47 Å². The van der Waals surface area contributed by atoms with Gasteiger partial charge in [-0.05, 0) is 57.6 Å². The second-order valence-electron chi connectivity index (χ2n) is 6.39. The van der Waals surface area contributed by atoms with E-state index in [9.17, 15) is 4.79 Å². The van der Waals surface area contributed by atoms with Crippen molar-refractivity contribution in [3.8, 4) is 0 Å². The summed E-state index contributed by atoms with van der Waals surface area (Å²) in [5, 5.41) is 0.618. The number of imidazole rings is 1. The van der Waals surface area contributed by atoms with Crippen LogP contribution in [0, 0.1) is 0 Å². The summed E-state index contributed by atoms with van der Waals surface area (Å²) < 4.78 is 55.2. The van der Waals surface area contributed by atoms with Gasteiger partial charge in [0, 0.05) is 25.6 Å². The van der Waals surface area contributed by atoms with Crippen molar-refractivity contribution < 1.29 is 17.8 Å². The molecule has 1 unspecified atom stereocenters. The Bertz CT molecular complexity index is 900. The summed E-state index contributed by atoms with van der Waals surface area (Å²) >= 11 is 5.91. The number of halogens is 1. The molecule has 6 heteroatoms. The average Bonchev–Trinajstić information content (AvgIpc) is 3.29. The van der Waals surface area contributed by atoms with E-state index < -0.39 is 37.6 Å². The molecule has 1 atom stereocenters. The minimum absolute atomic E-state index is 0.240. The first-order valence-electron chi connectivity index (χ1n) is 11.0. The maximum Gasteiger partial charge on any atom is 0.332 e. The monoisotopic (exact) mass is 367 g/mol. The Morgan fingerprint density at radius 3 is 2.80 bits per heavy atom. The quantitative estimate of drug-likeness (QED) is 0.806. The molecular formula is C19H24ClN3O2. The van der Waals surface area contributed by atoms with Crippen LogP contribution in [0.4, 0.5) is 4.79 Å². The molecule has 0 bridgehead atoms. The van der Waals surface area contributed by atoms with E-state index in [4.69, 9.17) is 24.6 Å². The number of carbonyl (C=O) groups excluding carboxylic acids is 1. The molecule has 25 heavy (non-hydrogen) atoms. The fourth-order valence-corrected chi connectivity index (χ4v) is 3.23. The molecule has 2 heterocycles. The molecule has 1 aliphatic rings. The zero-order chi connectivity index (χ0) is 23.1. The Balaban J connectivity index is 1.96. The van der Waals surface area contributed by atoms with E-state index in [0.717, 1.165) is 15.0 Å². The largest absolute Gasteiger partial charge is 0.353 e. The van der Waals surface area contributed by atoms with Gasteiger partial charge in [0.2, 0.25) is 0 Å². The van der Waals surface area contributed by atoms with Crippen molar-refractivity contribution in [2.45, 2.75) is 51.2 Å². The second kappa shape index (κ2) is 6.81. The number of aromatic nitrogens is 2. The van der Waals surface area contributed by atoms with Crippen LogP contribution in [0.5, 0.6) is 0 Å². The van der Waals surface area contributed by atoms with Crippen LogP contribution in [0.1, 0.15) is 47.3 Å². The molecular weight excluding hydrogens is 338 g/mol. The Morgan fingerprint density at radius 1 is 1.40 bits per heavy atom. The van der Waals surface area contributed by atoms with Gasteiger partial charge in [-0.2, -0.15) is 0 Å². The molecule has 2 aromatic rings. The number of amides is 1. The third-order valence-corrected chi connectivity index (χ3v) is 4.63. The third kappa shape index (κ3) is 3.72. The van der Waals surface area contributed by atoms with E-state index in [1.807, 2.05) is 12.1 Å². The van der Waals surface area contributed by atoms with E-state index in [1.165, 1.54) is 18.7 Å². The molecule has 1 aromatic carbocycles. The summed E-state index contributed by atoms with van der Waals surface area (Å²) in [7, 11) is 0. The van der Waals surface area contributed by atoms with Crippen LogP contribution in [-0.2, 0) is 11.2 Å². The van der Waals surface area contributed by atoms with Crippen molar-refractivity contribution in [3.05, 3.63) is 53.6 Å². The lowest BCUT2D eigenvalue weighted by molar-refractivity contribution is -0.0587. The predicted octanol–water partition coefficient (Wildman–Crippen LogP) is 4.35. The van der Waals surface area contributed by atoms with Crippen molar-refractivity contribution >= 4 is 17.6 Å². The summed E-state index contributed by atoms with van der Waals surface area (Å²) in [4.78, 5) is 18.1. The lowest BCUT2D eigenvalue weighted by Gasteiger charge is -2.39. The van der Waals surface area contributed by atoms with Gasteiger partial charge in [0.25, 0.3) is 0 Å². The van der Waals surface area contributed by atoms with Gasteiger partial charge >= 0.3 is 6.03 Å². The molecule has 134 valence electrons. The first kappa shape index (κ1) is 11.7. The van der Waals surface area contributed by atoms with Crippen molar-refractivity contribution in [3.63, 3.8) is 0 Å². The van der Waals surface area contributed by atoms with Gasteiger partial charge < -0.3 is 4.74 Å². The van der Waals surface area contributed by atoms with E-state index in [-0.39, 0.29) is 6.42 Å². The highest BCUT2D eigenvalue weighted by Crippen LogP contribution is 2.38. The maximum absolute atomic E-state index is 13.4. The van der Waals surface area contributed by atoms with Crippen molar-refractivity contribution in [1.82, 2.24) is 14.5 Å². The number of hydrogen-bond acceptors (Lipinski definition) is 3. The van der Waals surface area contributed by atoms with Gasteiger partial charge in [0.05, 0.1) is 12.1 Å². The Morgan fingerprint density at radius 2 is 2.16 bits per heavy atom. The minimum Gasteiger partial charge on any atom is -0.353 e. The SMILES string of the molecule is [2H]C([2H])([2H])C1(C([2H])([2H])[2H])COC(C)(CCCc2ccc(Cl)cc2)N1C(=O)n1ccnc1. The third-order valence-electron chi connectivity index (χ3n) is 4.38. The number of nitrogens with zero attached hydrogens (tertiary/aromatic N) is 3. The summed E-state index contributed by atoms with van der Waals surface area (Å²) in [6, 6.07) is 6.49. The number of hydrogen-bond donors (Lipinski definition) is 0. The van der Waals surface area contributed by atoms with Gasteiger partial charge in [0.1, 0.15) is 12.1 Å². The summed E-state index contributed by atoms with van der Waals surface area (Å²) in [5.74, 6) is 0. The lowest BCUT2D eigenvalue weighted by atomic mass is 9.99. The lowest BCUT2D eigenvalue weighted by Crippen LogP contribution is -2.55. The van der Waals surface area contributed by atoms with E-state index in [0.29, 0.717) is 17.9 Å². The Hall–Kier alpha value is -1.85. The highest BCUT2D eigenvalue weighted by atomic mass is 35.5. The summed E-state index contributed by atoms with van der Waals surface area (Å²) in [6.45, 7) is -5.09. The van der Waals surface area contributed by atoms with Crippen LogP contribution in [0.15, 0.2) is 43.0 Å². The molecule has 1 aliphatic heterocycles. The molecule has 3 rings (SSSR count). The van der Waals surface area contributed by atoms with Crippen LogP contribution in [-0.4, -0.2) is 38.4 Å². The maximum atomic E-state index is 13.4. The van der Waals surface area contributed by atoms with Gasteiger partial charge in [-0.1, -0.05) is 23.7 Å². The van der Waals surface area contributed by atoms with E-state index in [1.54, 1.807) is 19.1 Å². The molecule has 0 N–H and O–H groups in total. The predicted molar refractivity (Wildman–Crippen MR) is 97.7 cm³/mol. The molecule has 0 aliphatic carbocycles. The fraction of sp³-hybridized carbons (Fsp3) is 0.474. The zero-order valence-electron chi connectivity index (χ0n) is 19.9. The molecule has 1 aromatic heterocycles. The first-order chi connectivity index (χ1) is 14.3. The molecule has 1 fully saturated rings. The zero-order valence-corrected chi connectivity index (χ0v) is 14.7. The standard InChI is InChI=1S/C19H24ClN3O2/c1-18(2)13-25-19(3,23(18)17(24)22-12-11-21-14-22)10-4-5-15-6-8-16(20)9-7-15/h6-9,11-12,14H,4-5,10,13H2,1-3H3/i1D3,2D3. The van der Waals surface area contributed by atoms with Crippen LogP contribution in [0.2, 0.25) is 5.02 Å². The van der Waals surface area contributed by atoms with Gasteiger partial charge in [-0.25, -0.2) is 9.78 Å². The number of aryl methyl sites for hydroxylation is 1. The fourth-order valence-electron chi connectivity index (χ4n) is 3.10. The van der Waals surface area contributed by atoms with Crippen molar-refractivity contribution in [2.24, 2.45) is 0 Å². The molecule has 0 radical (unpaired) electrons. The highest BCUT2D eigenvalue weighted by molar-refractivity contribution is 6.30. The number of rotatable bonds is 4. The molecule has 1 saturated heterocycles. The smallest absolute Gasteiger partial charge is 0.332 e. The molecule has 1 amide bonds. The van der Waals surface area contributed by atoms with Gasteiger partial charge in [-0.15, -0.1) is 0 Å². The Labute approximate surface area is 162 Å². The van der Waals surface area contributed by atoms with E-state index in [2.05, 4.69) is 4.98 Å². The number of benzene rings is 1. The number of carbonyl (C=O) groups is 1. The van der Waals surface area contributed by atoms with Crippen LogP contribution < -0.4 is 0 Å². The summed E-state index contributed by atoms with van der Waals surface area (Å²) in [6.07, 6.45) is 5.31. The van der Waals surface area contributed by atoms with Crippen LogP contribution in [0.25, 0.3) is 0 Å². The number of ether oxygens (including phenoxy) is 1. The average molecular weight is 368 g/mol. The Kier molecular flexibility index (Phi) is 3.19. The van der Waals surface area contributed by atoms with Crippen molar-refractivity contribution in [1.29, 1.82) is 0 Å². The first-order valence-corrected chi connectivity index (χ1v) is 8.41. The van der Waals surface area contributed by atoms with Crippen LogP contribution >= 0.6 is 11.6 Å². The summed E-state index contributed by atoms with van der Waals surface area (Å²) in [5.41, 5.74) is -2.91. The van der Waals surface area contributed by atoms with E-state index >= 15 is 0 Å². The molecule has 0 spiro atoms. The molecule has 0 saturated carbocycles. The normalized spacial score (nSPS) is 26.9. The highest BCUT2D eigenvalue weighted by Gasteiger charge is 2.51. The molecule has 5 nitrogen and oxygen atoms in total.